The van der Waals surface area contributed by atoms with E-state index in [0.29, 0.717) is 4.22 Å². The van der Waals surface area contributed by atoms with Gasteiger partial charge in [0, 0.05) is 0 Å². The van der Waals surface area contributed by atoms with Crippen molar-refractivity contribution in [3.63, 3.8) is 0 Å². The first-order valence-electron chi connectivity index (χ1n) is 9.51. The number of aromatic nitrogens is 1. The van der Waals surface area contributed by atoms with E-state index in [-0.39, 0.29) is 28.5 Å². The molecule has 0 saturated carbocycles. The average Bonchev–Trinajstić information content (AvgIpc) is 3.19. The molecule has 0 bridgehead atoms. The monoisotopic (exact) mass is 450 g/mol. The zero-order chi connectivity index (χ0) is 18.5. The number of hydrogen-bond donors (Lipinski definition) is 1. The number of para-hydroxylation sites is 1. The van der Waals surface area contributed by atoms with Gasteiger partial charge in [0.25, 0.3) is 0 Å². The Morgan fingerprint density at radius 1 is 0.929 bits per heavy atom. The summed E-state index contributed by atoms with van der Waals surface area (Å²) in [6.07, 6.45) is 4.84. The van der Waals surface area contributed by atoms with Gasteiger partial charge < -0.3 is 0 Å². The second-order valence-corrected chi connectivity index (χ2v) is 17.0. The number of fused-ring (bicyclic) bond motifs is 2. The second-order valence-electron chi connectivity index (χ2n) is 8.79. The van der Waals surface area contributed by atoms with Crippen molar-refractivity contribution in [2.75, 3.05) is 0 Å². The molecule has 0 aliphatic heterocycles. The molecule has 0 fully saturated rings. The summed E-state index contributed by atoms with van der Waals surface area (Å²) in [4.78, 5) is 3.86. The fourth-order valence-corrected chi connectivity index (χ4v) is 15.5. The molecule has 4 rings (SSSR count). The van der Waals surface area contributed by atoms with Crippen molar-refractivity contribution in [2.45, 2.75) is 42.6 Å². The van der Waals surface area contributed by atoms with Crippen LogP contribution >= 0.6 is 24.8 Å². The minimum Gasteiger partial charge on any atom is -0.147 e. The first-order chi connectivity index (χ1) is 12.4. The first-order valence-corrected chi connectivity index (χ1v) is 12.8. The Hall–Kier alpha value is -1.12. The number of allylic oxidation sites excluding steroid dienone is 1. The first kappa shape index (κ1) is 23.2. The number of rotatable bonds is 2. The minimum absolute atomic E-state index is 0. The van der Waals surface area contributed by atoms with Crippen LogP contribution < -0.4 is 4.00 Å². The molecule has 1 aliphatic carbocycles. The van der Waals surface area contributed by atoms with Crippen molar-refractivity contribution in [2.24, 2.45) is 0 Å². The molecule has 0 saturated heterocycles. The average molecular weight is 451 g/mol. The Labute approximate surface area is 184 Å². The number of nitrogens with one attached hydrogen (secondary N) is 1. The van der Waals surface area contributed by atoms with Gasteiger partial charge in [-0.25, -0.2) is 0 Å². The zero-order valence-electron chi connectivity index (χ0n) is 17.2. The summed E-state index contributed by atoms with van der Waals surface area (Å²) in [6, 6.07) is 20.1. The van der Waals surface area contributed by atoms with Crippen LogP contribution in [0.5, 0.6) is 0 Å². The van der Waals surface area contributed by atoms with Crippen LogP contribution in [0, 0.1) is 0 Å². The van der Waals surface area contributed by atoms with Gasteiger partial charge in [0.05, 0.1) is 0 Å². The summed E-state index contributed by atoms with van der Waals surface area (Å²) < 4.78 is 3.90. The van der Waals surface area contributed by atoms with Crippen LogP contribution in [0.15, 0.2) is 60.7 Å². The molecule has 1 aliphatic rings. The number of aromatic amines is 1. The predicted octanol–water partition coefficient (Wildman–Crippen LogP) is 6.99. The fourth-order valence-electron chi connectivity index (χ4n) is 5.28. The van der Waals surface area contributed by atoms with E-state index < -0.39 is 16.1 Å². The van der Waals surface area contributed by atoms with E-state index in [1.165, 1.54) is 26.0 Å². The zero-order valence-corrected chi connectivity index (χ0v) is 20.4. The smallest absolute Gasteiger partial charge is 0.147 e. The SMILES string of the molecule is C[C](C)=[Ti]([c]1cc2ccccc2[nH]1)([CH]1C=Cc2ccccc21)[C](C)(C)C.Cl.Cl. The van der Waals surface area contributed by atoms with Gasteiger partial charge in [-0.1, -0.05) is 0 Å². The molecule has 3 aromatic rings. The molecule has 1 N–H and O–H groups in total. The van der Waals surface area contributed by atoms with E-state index >= 15 is 0 Å². The Morgan fingerprint density at radius 3 is 2.21 bits per heavy atom. The molecule has 149 valence electrons. The normalized spacial score (nSPS) is 17.4. The quantitative estimate of drug-likeness (QED) is 0.405. The summed E-state index contributed by atoms with van der Waals surface area (Å²) in [5.41, 5.74) is 4.18. The molecule has 2 aromatic carbocycles. The molecule has 1 aromatic heterocycles. The van der Waals surface area contributed by atoms with Gasteiger partial charge in [-0.2, -0.15) is 0 Å². The molecule has 0 spiro atoms. The van der Waals surface area contributed by atoms with Crippen molar-refractivity contribution in [3.05, 3.63) is 71.8 Å². The molecule has 2 atom stereocenters. The Bertz CT molecular complexity index is 1030. The standard InChI is InChI=1S/C9H7.C8H6N.C4H9.C3H6.2ClH.Ti/c1-2-5-9-7-3-6-8(9)4-1;1-2-4-8-7(3-1)5-6-9-8;1-4(2)3;1-3-2;;;/h1-7H;1-5,9H;1-3H3;1-2H3;2*1H;. The molecule has 0 amide bonds. The van der Waals surface area contributed by atoms with Crippen molar-refractivity contribution in [3.8, 4) is 0 Å². The van der Waals surface area contributed by atoms with Crippen LogP contribution in [0.3, 0.4) is 0 Å². The topological polar surface area (TPSA) is 15.8 Å². The molecule has 1 nitrogen and oxygen atoms in total. The van der Waals surface area contributed by atoms with Crippen molar-refractivity contribution in [1.29, 1.82) is 0 Å². The number of benzene rings is 2. The van der Waals surface area contributed by atoms with Crippen molar-refractivity contribution in [1.82, 2.24) is 4.98 Å². The van der Waals surface area contributed by atoms with Crippen LogP contribution in [-0.4, -0.2) is 8.80 Å². The molecule has 2 unspecified atom stereocenters. The summed E-state index contributed by atoms with van der Waals surface area (Å²) >= 11 is -2.77. The van der Waals surface area contributed by atoms with Crippen LogP contribution in [-0.2, 0) is 16.1 Å². The van der Waals surface area contributed by atoms with E-state index in [9.17, 15) is 0 Å². The van der Waals surface area contributed by atoms with Gasteiger partial charge in [-0.05, 0) is 0 Å². The maximum atomic E-state index is 3.86. The van der Waals surface area contributed by atoms with Crippen molar-refractivity contribution >= 4 is 49.6 Å². The van der Waals surface area contributed by atoms with Gasteiger partial charge in [-0.15, -0.1) is 24.8 Å². The largest absolute Gasteiger partial charge is 0.147 e. The van der Waals surface area contributed by atoms with Crippen LogP contribution in [0.1, 0.15) is 50.0 Å². The second kappa shape index (κ2) is 8.32. The van der Waals surface area contributed by atoms with Crippen LogP contribution in [0.2, 0.25) is 3.72 Å². The predicted molar refractivity (Wildman–Crippen MR) is 127 cm³/mol. The van der Waals surface area contributed by atoms with Gasteiger partial charge in [0.15, 0.2) is 0 Å². The van der Waals surface area contributed by atoms with E-state index in [1.807, 2.05) is 0 Å². The summed E-state index contributed by atoms with van der Waals surface area (Å²) in [5, 5.41) is 1.33. The number of halogens is 2. The van der Waals surface area contributed by atoms with Crippen LogP contribution in [0.25, 0.3) is 17.0 Å². The van der Waals surface area contributed by atoms with E-state index in [4.69, 9.17) is 0 Å². The molecule has 0 radical (unpaired) electrons. The molecular formula is C24H30Cl2NTi. The Kier molecular flexibility index (Phi) is 6.89. The van der Waals surface area contributed by atoms with Gasteiger partial charge in [-0.3, -0.25) is 0 Å². The maximum absolute atomic E-state index is 3.86. The van der Waals surface area contributed by atoms with Crippen LogP contribution in [0.4, 0.5) is 0 Å². The van der Waals surface area contributed by atoms with Gasteiger partial charge in [0.2, 0.25) is 0 Å². The molecule has 1 heterocycles. The molecule has 28 heavy (non-hydrogen) atoms. The summed E-state index contributed by atoms with van der Waals surface area (Å²) in [6.45, 7) is 12.1. The summed E-state index contributed by atoms with van der Waals surface area (Å²) in [5.74, 6) is 0. The third kappa shape index (κ3) is 3.37. The molecular weight excluding hydrogens is 421 g/mol. The fraction of sp³-hybridized carbons (Fsp3) is 0.292. The van der Waals surface area contributed by atoms with E-state index in [2.05, 4.69) is 106 Å². The number of H-pyrrole nitrogens is 1. The molecule has 4 heteroatoms. The van der Waals surface area contributed by atoms with E-state index in [0.717, 1.165) is 0 Å². The number of hydrogen-bond acceptors (Lipinski definition) is 0. The minimum atomic E-state index is -2.77. The Balaban J connectivity index is 0.00000140. The van der Waals surface area contributed by atoms with Gasteiger partial charge in [0.1, 0.15) is 0 Å². The Morgan fingerprint density at radius 2 is 1.57 bits per heavy atom. The summed E-state index contributed by atoms with van der Waals surface area (Å²) in [7, 11) is 0. The maximum Gasteiger partial charge on any atom is -0.147 e. The van der Waals surface area contributed by atoms with Crippen molar-refractivity contribution < 1.29 is 16.1 Å². The third-order valence-electron chi connectivity index (χ3n) is 6.19. The third-order valence-corrected chi connectivity index (χ3v) is 16.3. The van der Waals surface area contributed by atoms with E-state index in [1.54, 1.807) is 3.81 Å². The van der Waals surface area contributed by atoms with Gasteiger partial charge >= 0.3 is 160 Å².